The predicted octanol–water partition coefficient (Wildman–Crippen LogP) is 5.59. The molecule has 0 unspecified atom stereocenters. The lowest BCUT2D eigenvalue weighted by Crippen LogP contribution is -2.43. The Kier molecular flexibility index (Phi) is 7.62. The van der Waals surface area contributed by atoms with Gasteiger partial charge in [0.1, 0.15) is 11.7 Å². The predicted molar refractivity (Wildman–Crippen MR) is 142 cm³/mol. The Labute approximate surface area is 216 Å². The highest BCUT2D eigenvalue weighted by molar-refractivity contribution is 6.13. The van der Waals surface area contributed by atoms with Crippen molar-refractivity contribution in [2.75, 3.05) is 11.9 Å². The van der Waals surface area contributed by atoms with E-state index in [1.54, 1.807) is 6.92 Å². The van der Waals surface area contributed by atoms with E-state index in [-0.39, 0.29) is 35.5 Å². The first-order valence-electron chi connectivity index (χ1n) is 12.4. The summed E-state index contributed by atoms with van der Waals surface area (Å²) in [6.07, 6.45) is 1.36. The summed E-state index contributed by atoms with van der Waals surface area (Å²) < 4.78 is 15.0. The average molecular weight is 500 g/mol. The number of amides is 2. The molecule has 0 aliphatic carbocycles. The van der Waals surface area contributed by atoms with E-state index >= 15 is 0 Å². The van der Waals surface area contributed by atoms with Crippen LogP contribution in [0.1, 0.15) is 55.1 Å². The van der Waals surface area contributed by atoms with Gasteiger partial charge in [0.05, 0.1) is 12.1 Å². The van der Waals surface area contributed by atoms with Crippen LogP contribution in [0.25, 0.3) is 0 Å². The van der Waals surface area contributed by atoms with E-state index in [0.717, 1.165) is 6.07 Å². The summed E-state index contributed by atoms with van der Waals surface area (Å²) in [6.45, 7) is 5.16. The number of Topliss-reactive ketones (excluding diaryl/α,β-unsaturated/α-hetero) is 1. The van der Waals surface area contributed by atoms with Crippen molar-refractivity contribution >= 4 is 29.1 Å². The minimum absolute atomic E-state index is 0.155. The van der Waals surface area contributed by atoms with Crippen molar-refractivity contribution in [2.45, 2.75) is 39.2 Å². The number of hydrogen-bond donors (Lipinski definition) is 1. The number of carbonyl (C=O) groups excluding carboxylic acids is 3. The fourth-order valence-electron chi connectivity index (χ4n) is 4.73. The summed E-state index contributed by atoms with van der Waals surface area (Å²) in [5.41, 5.74) is 0.175. The maximum Gasteiger partial charge on any atom is 0.265 e. The number of amidine groups is 1. The molecule has 6 nitrogen and oxygen atoms in total. The fourth-order valence-corrected chi connectivity index (χ4v) is 4.73. The van der Waals surface area contributed by atoms with Gasteiger partial charge in [0.15, 0.2) is 11.3 Å². The van der Waals surface area contributed by atoms with Gasteiger partial charge in [0.2, 0.25) is 5.91 Å². The summed E-state index contributed by atoms with van der Waals surface area (Å²) in [6, 6.07) is 22.4. The molecule has 0 aromatic heterocycles. The second-order valence-corrected chi connectivity index (χ2v) is 9.11. The standard InChI is InChI=1S/C30H30FN3O3/c1-4-21(5-2)28(36)32-24-16-17-25(26(31)18-24)27(35)19-34-20(3)33-30(29(34)37,22-12-8-6-9-13-22)23-14-10-7-11-15-23/h6-18,21H,4-5,19H2,1-3H3,(H,32,36). The largest absolute Gasteiger partial charge is 0.326 e. The van der Waals surface area contributed by atoms with E-state index < -0.39 is 17.1 Å². The summed E-state index contributed by atoms with van der Waals surface area (Å²) in [5, 5.41) is 2.71. The maximum atomic E-state index is 15.0. The zero-order chi connectivity index (χ0) is 26.6. The molecule has 0 atom stereocenters. The van der Waals surface area contributed by atoms with E-state index in [1.165, 1.54) is 17.0 Å². The van der Waals surface area contributed by atoms with Crippen molar-refractivity contribution < 1.29 is 18.8 Å². The lowest BCUT2D eigenvalue weighted by molar-refractivity contribution is -0.129. The van der Waals surface area contributed by atoms with E-state index in [1.807, 2.05) is 74.5 Å². The minimum Gasteiger partial charge on any atom is -0.326 e. The summed E-state index contributed by atoms with van der Waals surface area (Å²) in [4.78, 5) is 45.5. The zero-order valence-corrected chi connectivity index (χ0v) is 21.2. The van der Waals surface area contributed by atoms with Gasteiger partial charge in [-0.15, -0.1) is 0 Å². The Morgan fingerprint density at radius 1 is 0.946 bits per heavy atom. The smallest absolute Gasteiger partial charge is 0.265 e. The molecule has 0 radical (unpaired) electrons. The number of carbonyl (C=O) groups is 3. The van der Waals surface area contributed by atoms with Crippen molar-refractivity contribution in [3.8, 4) is 0 Å². The van der Waals surface area contributed by atoms with Crippen molar-refractivity contribution in [1.82, 2.24) is 4.90 Å². The minimum atomic E-state index is -1.32. The number of ketones is 1. The summed E-state index contributed by atoms with van der Waals surface area (Å²) in [5.74, 6) is -1.66. The van der Waals surface area contributed by atoms with Crippen LogP contribution >= 0.6 is 0 Å². The number of rotatable bonds is 9. The molecule has 0 spiro atoms. The van der Waals surface area contributed by atoms with Crippen LogP contribution in [0, 0.1) is 11.7 Å². The number of hydrogen-bond acceptors (Lipinski definition) is 4. The number of halogens is 1. The van der Waals surface area contributed by atoms with Crippen LogP contribution in [0.2, 0.25) is 0 Å². The quantitative estimate of drug-likeness (QED) is 0.390. The van der Waals surface area contributed by atoms with E-state index in [0.29, 0.717) is 29.8 Å². The van der Waals surface area contributed by atoms with Crippen molar-refractivity contribution in [1.29, 1.82) is 0 Å². The molecule has 190 valence electrons. The molecule has 0 bridgehead atoms. The SMILES string of the molecule is CCC(CC)C(=O)Nc1ccc(C(=O)CN2C(=O)C(c3ccccc3)(c3ccccc3)N=C2C)c(F)c1. The molecule has 3 aromatic rings. The number of aliphatic imine (C=N–C) groups is 1. The molecule has 0 saturated heterocycles. The van der Waals surface area contributed by atoms with E-state index in [9.17, 15) is 18.8 Å². The highest BCUT2D eigenvalue weighted by Gasteiger charge is 2.50. The normalized spacial score (nSPS) is 14.6. The molecule has 7 heteroatoms. The molecule has 3 aromatic carbocycles. The zero-order valence-electron chi connectivity index (χ0n) is 21.2. The van der Waals surface area contributed by atoms with Crippen LogP contribution in [-0.2, 0) is 15.1 Å². The molecule has 1 N–H and O–H groups in total. The first-order chi connectivity index (χ1) is 17.8. The molecule has 0 fully saturated rings. The Morgan fingerprint density at radius 3 is 2.03 bits per heavy atom. The third-order valence-electron chi connectivity index (χ3n) is 6.85. The third-order valence-corrected chi connectivity index (χ3v) is 6.85. The highest BCUT2D eigenvalue weighted by Crippen LogP contribution is 2.40. The maximum absolute atomic E-state index is 15.0. The average Bonchev–Trinajstić information content (AvgIpc) is 3.16. The molecule has 2 amide bonds. The van der Waals surface area contributed by atoms with Gasteiger partial charge in [0, 0.05) is 11.6 Å². The monoisotopic (exact) mass is 499 g/mol. The van der Waals surface area contributed by atoms with Gasteiger partial charge >= 0.3 is 0 Å². The van der Waals surface area contributed by atoms with Gasteiger partial charge < -0.3 is 5.32 Å². The van der Waals surface area contributed by atoms with Crippen LogP contribution in [0.15, 0.2) is 83.9 Å². The molecule has 4 rings (SSSR count). The summed E-state index contributed by atoms with van der Waals surface area (Å²) >= 11 is 0. The Hall–Kier alpha value is -4.13. The third kappa shape index (κ3) is 4.94. The Morgan fingerprint density at radius 2 is 1.51 bits per heavy atom. The Balaban J connectivity index is 1.59. The lowest BCUT2D eigenvalue weighted by Gasteiger charge is -2.27. The molecule has 0 saturated carbocycles. The highest BCUT2D eigenvalue weighted by atomic mass is 19.1. The van der Waals surface area contributed by atoms with Crippen molar-refractivity contribution in [2.24, 2.45) is 10.9 Å². The topological polar surface area (TPSA) is 78.8 Å². The van der Waals surface area contributed by atoms with E-state index in [4.69, 9.17) is 4.99 Å². The van der Waals surface area contributed by atoms with Crippen LogP contribution in [0.4, 0.5) is 10.1 Å². The Bertz CT molecular complexity index is 1300. The molecule has 1 aliphatic rings. The lowest BCUT2D eigenvalue weighted by atomic mass is 9.83. The van der Waals surface area contributed by atoms with Gasteiger partial charge in [0.25, 0.3) is 5.91 Å². The second-order valence-electron chi connectivity index (χ2n) is 9.11. The van der Waals surface area contributed by atoms with Crippen LogP contribution < -0.4 is 5.32 Å². The van der Waals surface area contributed by atoms with Crippen molar-refractivity contribution in [3.05, 3.63) is 101 Å². The second kappa shape index (κ2) is 10.9. The molecule has 1 heterocycles. The van der Waals surface area contributed by atoms with Crippen LogP contribution in [0.5, 0.6) is 0 Å². The van der Waals surface area contributed by atoms with Gasteiger partial charge in [-0.25, -0.2) is 9.38 Å². The fraction of sp³-hybridized carbons (Fsp3) is 0.267. The number of nitrogens with one attached hydrogen (secondary N) is 1. The first-order valence-corrected chi connectivity index (χ1v) is 12.4. The van der Waals surface area contributed by atoms with Gasteiger partial charge in [-0.05, 0) is 49.1 Å². The molecule has 37 heavy (non-hydrogen) atoms. The molecule has 1 aliphatic heterocycles. The number of anilines is 1. The van der Waals surface area contributed by atoms with Gasteiger partial charge in [-0.1, -0.05) is 74.5 Å². The van der Waals surface area contributed by atoms with Crippen molar-refractivity contribution in [3.63, 3.8) is 0 Å². The van der Waals surface area contributed by atoms with E-state index in [2.05, 4.69) is 5.32 Å². The van der Waals surface area contributed by atoms with Gasteiger partial charge in [-0.2, -0.15) is 0 Å². The van der Waals surface area contributed by atoms with Crippen LogP contribution in [-0.4, -0.2) is 34.9 Å². The summed E-state index contributed by atoms with van der Waals surface area (Å²) in [7, 11) is 0. The number of nitrogens with zero attached hydrogens (tertiary/aromatic N) is 2. The number of benzene rings is 3. The first kappa shape index (κ1) is 25.9. The van der Waals surface area contributed by atoms with Gasteiger partial charge in [-0.3, -0.25) is 19.3 Å². The molecular weight excluding hydrogens is 469 g/mol. The molecular formula is C30H30FN3O3. The van der Waals surface area contributed by atoms with Crippen LogP contribution in [0.3, 0.4) is 0 Å².